The molecule has 1 N–H and O–H groups in total. The van der Waals surface area contributed by atoms with Gasteiger partial charge in [-0.1, -0.05) is 18.0 Å². The second-order valence-electron chi connectivity index (χ2n) is 6.33. The third-order valence-electron chi connectivity index (χ3n) is 5.11. The van der Waals surface area contributed by atoms with Gasteiger partial charge in [0.25, 0.3) is 0 Å². The lowest BCUT2D eigenvalue weighted by atomic mass is 9.86. The van der Waals surface area contributed by atoms with Crippen LogP contribution in [0.1, 0.15) is 41.9 Å². The van der Waals surface area contributed by atoms with Gasteiger partial charge in [0.05, 0.1) is 10.6 Å². The molecule has 2 saturated carbocycles. The third kappa shape index (κ3) is 2.11. The number of hydrogen-bond donors (Lipinski definition) is 1. The van der Waals surface area contributed by atoms with Crippen molar-refractivity contribution in [3.05, 3.63) is 28.7 Å². The third-order valence-corrected chi connectivity index (χ3v) is 5.38. The van der Waals surface area contributed by atoms with Crippen LogP contribution in [0.4, 0.5) is 0 Å². The van der Waals surface area contributed by atoms with Crippen molar-refractivity contribution in [2.45, 2.75) is 32.1 Å². The van der Waals surface area contributed by atoms with Crippen LogP contribution in [-0.4, -0.2) is 25.7 Å². The fourth-order valence-electron chi connectivity index (χ4n) is 4.12. The minimum Gasteiger partial charge on any atom is -0.478 e. The summed E-state index contributed by atoms with van der Waals surface area (Å²) < 4.78 is 1.75. The van der Waals surface area contributed by atoms with Crippen LogP contribution in [0.3, 0.4) is 0 Å². The van der Waals surface area contributed by atoms with Crippen molar-refractivity contribution >= 4 is 23.2 Å². The fraction of sp³-hybridized carbons (Fsp3) is 0.533. The van der Waals surface area contributed by atoms with Crippen LogP contribution in [0.25, 0.3) is 5.65 Å². The van der Waals surface area contributed by atoms with Crippen molar-refractivity contribution in [2.75, 3.05) is 0 Å². The van der Waals surface area contributed by atoms with E-state index in [2.05, 4.69) is 10.2 Å². The second kappa shape index (κ2) is 4.70. The maximum Gasteiger partial charge on any atom is 0.337 e. The van der Waals surface area contributed by atoms with E-state index in [1.54, 1.807) is 10.6 Å². The van der Waals surface area contributed by atoms with E-state index in [-0.39, 0.29) is 5.56 Å². The SMILES string of the molecule is O=C(O)c1cc(Cl)c2nnc(CC3CC4CCC3C4)n2c1. The van der Waals surface area contributed by atoms with Crippen molar-refractivity contribution in [1.29, 1.82) is 0 Å². The minimum absolute atomic E-state index is 0.168. The fourth-order valence-corrected chi connectivity index (χ4v) is 4.36. The molecule has 2 heterocycles. The maximum absolute atomic E-state index is 11.2. The maximum atomic E-state index is 11.2. The van der Waals surface area contributed by atoms with Crippen LogP contribution in [0.5, 0.6) is 0 Å². The molecule has 2 fully saturated rings. The normalized spacial score (nSPS) is 27.6. The first kappa shape index (κ1) is 13.1. The van der Waals surface area contributed by atoms with Gasteiger partial charge in [0.1, 0.15) is 5.82 Å². The zero-order valence-corrected chi connectivity index (χ0v) is 12.3. The average molecular weight is 306 g/mol. The summed E-state index contributed by atoms with van der Waals surface area (Å²) in [6.07, 6.45) is 7.76. The van der Waals surface area contributed by atoms with Gasteiger partial charge in [0.15, 0.2) is 5.65 Å². The highest BCUT2D eigenvalue weighted by Crippen LogP contribution is 2.49. The first-order chi connectivity index (χ1) is 10.1. The quantitative estimate of drug-likeness (QED) is 0.946. The van der Waals surface area contributed by atoms with Gasteiger partial charge in [0.2, 0.25) is 0 Å². The largest absolute Gasteiger partial charge is 0.478 e. The Kier molecular flexibility index (Phi) is 2.92. The van der Waals surface area contributed by atoms with Crippen molar-refractivity contribution in [3.8, 4) is 0 Å². The molecule has 110 valence electrons. The number of halogens is 1. The Morgan fingerprint density at radius 1 is 1.38 bits per heavy atom. The van der Waals surface area contributed by atoms with Gasteiger partial charge in [-0.3, -0.25) is 4.40 Å². The minimum atomic E-state index is -0.988. The molecule has 4 rings (SSSR count). The van der Waals surface area contributed by atoms with Gasteiger partial charge in [0, 0.05) is 12.6 Å². The van der Waals surface area contributed by atoms with Crippen LogP contribution in [0.2, 0.25) is 5.02 Å². The standard InChI is InChI=1S/C15H16ClN3O2/c16-12-5-11(15(20)21)7-19-13(17-18-14(12)19)6-10-4-8-1-2-9(10)3-8/h5,7-10H,1-4,6H2,(H,20,21). The molecule has 2 aromatic heterocycles. The van der Waals surface area contributed by atoms with Crippen molar-refractivity contribution in [1.82, 2.24) is 14.6 Å². The van der Waals surface area contributed by atoms with E-state index in [4.69, 9.17) is 16.7 Å². The lowest BCUT2D eigenvalue weighted by molar-refractivity contribution is 0.0696. The Hall–Kier alpha value is -1.62. The number of carbonyl (C=O) groups is 1. The van der Waals surface area contributed by atoms with Gasteiger partial charge in [-0.15, -0.1) is 10.2 Å². The zero-order chi connectivity index (χ0) is 14.6. The number of aromatic nitrogens is 3. The Labute approximate surface area is 126 Å². The first-order valence-corrected chi connectivity index (χ1v) is 7.76. The number of fused-ring (bicyclic) bond motifs is 3. The molecule has 0 amide bonds. The highest BCUT2D eigenvalue weighted by atomic mass is 35.5. The summed E-state index contributed by atoms with van der Waals surface area (Å²) in [5.41, 5.74) is 0.710. The Morgan fingerprint density at radius 2 is 2.24 bits per heavy atom. The number of nitrogens with zero attached hydrogens (tertiary/aromatic N) is 3. The van der Waals surface area contributed by atoms with E-state index in [1.807, 2.05) is 0 Å². The van der Waals surface area contributed by atoms with Crippen molar-refractivity contribution < 1.29 is 9.90 Å². The van der Waals surface area contributed by atoms with Gasteiger partial charge in [-0.05, 0) is 43.1 Å². The molecular formula is C15H16ClN3O2. The van der Waals surface area contributed by atoms with E-state index < -0.39 is 5.97 Å². The molecule has 2 aliphatic rings. The molecule has 0 saturated heterocycles. The molecule has 3 atom stereocenters. The molecular weight excluding hydrogens is 290 g/mol. The molecule has 2 bridgehead atoms. The molecule has 0 aromatic carbocycles. The Bertz CT molecular complexity index is 727. The summed E-state index contributed by atoms with van der Waals surface area (Å²) in [5, 5.41) is 17.8. The number of pyridine rings is 1. The summed E-state index contributed by atoms with van der Waals surface area (Å²) in [7, 11) is 0. The summed E-state index contributed by atoms with van der Waals surface area (Å²) in [6.45, 7) is 0. The lowest BCUT2D eigenvalue weighted by Crippen LogP contribution is -2.15. The van der Waals surface area contributed by atoms with Crippen molar-refractivity contribution in [3.63, 3.8) is 0 Å². The molecule has 2 aromatic rings. The molecule has 3 unspecified atom stereocenters. The van der Waals surface area contributed by atoms with Crippen LogP contribution >= 0.6 is 11.6 Å². The molecule has 21 heavy (non-hydrogen) atoms. The van der Waals surface area contributed by atoms with E-state index in [1.165, 1.54) is 31.7 Å². The smallest absolute Gasteiger partial charge is 0.337 e. The van der Waals surface area contributed by atoms with Crippen LogP contribution in [-0.2, 0) is 6.42 Å². The van der Waals surface area contributed by atoms with Gasteiger partial charge in [-0.2, -0.15) is 0 Å². The molecule has 0 aliphatic heterocycles. The lowest BCUT2D eigenvalue weighted by Gasteiger charge is -2.20. The van der Waals surface area contributed by atoms with Crippen molar-refractivity contribution in [2.24, 2.45) is 17.8 Å². The summed E-state index contributed by atoms with van der Waals surface area (Å²) in [5.74, 6) is 2.19. The first-order valence-electron chi connectivity index (χ1n) is 7.38. The van der Waals surface area contributed by atoms with Gasteiger partial charge < -0.3 is 5.11 Å². The summed E-state index contributed by atoms with van der Waals surface area (Å²) in [4.78, 5) is 11.2. The molecule has 0 radical (unpaired) electrons. The monoisotopic (exact) mass is 305 g/mol. The highest BCUT2D eigenvalue weighted by molar-refractivity contribution is 6.33. The van der Waals surface area contributed by atoms with Gasteiger partial charge in [-0.25, -0.2) is 4.79 Å². The Morgan fingerprint density at radius 3 is 2.90 bits per heavy atom. The van der Waals surface area contributed by atoms with Crippen LogP contribution in [0.15, 0.2) is 12.3 Å². The van der Waals surface area contributed by atoms with E-state index in [0.717, 1.165) is 24.1 Å². The number of carboxylic acids is 1. The zero-order valence-electron chi connectivity index (χ0n) is 11.5. The second-order valence-corrected chi connectivity index (χ2v) is 6.74. The highest BCUT2D eigenvalue weighted by Gasteiger charge is 2.39. The predicted octanol–water partition coefficient (Wildman–Crippen LogP) is 3.06. The van der Waals surface area contributed by atoms with E-state index >= 15 is 0 Å². The van der Waals surface area contributed by atoms with Crippen LogP contribution in [0, 0.1) is 17.8 Å². The number of hydrogen-bond acceptors (Lipinski definition) is 3. The molecule has 5 nitrogen and oxygen atoms in total. The number of aromatic carboxylic acids is 1. The number of rotatable bonds is 3. The molecule has 2 aliphatic carbocycles. The van der Waals surface area contributed by atoms with Crippen LogP contribution < -0.4 is 0 Å². The molecule has 6 heteroatoms. The average Bonchev–Trinajstić information content (AvgIpc) is 3.14. The summed E-state index contributed by atoms with van der Waals surface area (Å²) in [6, 6.07) is 1.43. The number of carboxylic acid groups (broad SMARTS) is 1. The predicted molar refractivity (Wildman–Crippen MR) is 77.6 cm³/mol. The Balaban J connectivity index is 1.70. The van der Waals surface area contributed by atoms with E-state index in [0.29, 0.717) is 16.6 Å². The summed E-state index contributed by atoms with van der Waals surface area (Å²) >= 11 is 6.11. The van der Waals surface area contributed by atoms with Gasteiger partial charge >= 0.3 is 5.97 Å². The molecule has 0 spiro atoms. The topological polar surface area (TPSA) is 67.5 Å². The van der Waals surface area contributed by atoms with E-state index in [9.17, 15) is 4.79 Å².